The molecule has 7 heteroatoms. The highest BCUT2D eigenvalue weighted by Gasteiger charge is 2.32. The third-order valence-corrected chi connectivity index (χ3v) is 3.51. The van der Waals surface area contributed by atoms with Gasteiger partial charge in [-0.05, 0) is 12.1 Å². The number of rotatable bonds is 4. The van der Waals surface area contributed by atoms with Crippen LogP contribution in [0.25, 0.3) is 0 Å². The molecule has 1 atom stereocenters. The molecule has 22 heavy (non-hydrogen) atoms. The number of benzene rings is 1. The number of ether oxygens (including phenoxy) is 1. The van der Waals surface area contributed by atoms with E-state index in [2.05, 4.69) is 10.1 Å². The van der Waals surface area contributed by atoms with Crippen molar-refractivity contribution in [1.29, 1.82) is 0 Å². The van der Waals surface area contributed by atoms with Crippen LogP contribution in [-0.2, 0) is 19.1 Å². The maximum absolute atomic E-state index is 12.1. The van der Waals surface area contributed by atoms with Crippen molar-refractivity contribution in [2.45, 2.75) is 12.5 Å². The molecule has 6 nitrogen and oxygen atoms in total. The van der Waals surface area contributed by atoms with Gasteiger partial charge >= 0.3 is 5.97 Å². The molecule has 2 amide bonds. The van der Waals surface area contributed by atoms with Gasteiger partial charge in [0.25, 0.3) is 0 Å². The molecule has 1 aromatic rings. The predicted octanol–water partition coefficient (Wildman–Crippen LogP) is 1.29. The van der Waals surface area contributed by atoms with Crippen LogP contribution in [0.2, 0.25) is 5.02 Å². The number of carbonyl (C=O) groups is 3. The van der Waals surface area contributed by atoms with Crippen molar-refractivity contribution >= 4 is 35.1 Å². The fourth-order valence-corrected chi connectivity index (χ4v) is 2.41. The van der Waals surface area contributed by atoms with Crippen LogP contribution in [0, 0.1) is 0 Å². The zero-order chi connectivity index (χ0) is 16.1. The standard InChI is InChI=1S/C15H15ClN2O4/c1-22-15(21)7-6-13(19)17-10-8-14(20)18(9-10)12-5-3-2-4-11(12)16/h2-7,10H,8-9H2,1H3,(H,17,19)/b7-6+. The Morgan fingerprint density at radius 3 is 2.77 bits per heavy atom. The Bertz CT molecular complexity index is 630. The number of hydrogen-bond donors (Lipinski definition) is 1. The highest BCUT2D eigenvalue weighted by molar-refractivity contribution is 6.33. The molecule has 1 heterocycles. The van der Waals surface area contributed by atoms with Crippen molar-refractivity contribution in [2.75, 3.05) is 18.6 Å². The maximum Gasteiger partial charge on any atom is 0.330 e. The first-order chi connectivity index (χ1) is 10.5. The van der Waals surface area contributed by atoms with Gasteiger partial charge in [0.1, 0.15) is 0 Å². The van der Waals surface area contributed by atoms with Gasteiger partial charge in [-0.25, -0.2) is 4.79 Å². The topological polar surface area (TPSA) is 75.7 Å². The van der Waals surface area contributed by atoms with E-state index in [1.165, 1.54) is 12.0 Å². The molecule has 116 valence electrons. The first-order valence-electron chi connectivity index (χ1n) is 6.62. The van der Waals surface area contributed by atoms with Crippen LogP contribution < -0.4 is 10.2 Å². The van der Waals surface area contributed by atoms with E-state index in [1.54, 1.807) is 24.3 Å². The molecule has 0 saturated carbocycles. The minimum atomic E-state index is -0.615. The number of para-hydroxylation sites is 1. The smallest absolute Gasteiger partial charge is 0.330 e. The number of esters is 1. The summed E-state index contributed by atoms with van der Waals surface area (Å²) in [6.07, 6.45) is 2.29. The number of anilines is 1. The summed E-state index contributed by atoms with van der Waals surface area (Å²) >= 11 is 6.08. The Kier molecular flexibility index (Phi) is 5.16. The fourth-order valence-electron chi connectivity index (χ4n) is 2.17. The molecule has 0 radical (unpaired) electrons. The lowest BCUT2D eigenvalue weighted by Gasteiger charge is -2.18. The molecule has 1 N–H and O–H groups in total. The van der Waals surface area contributed by atoms with Crippen LogP contribution in [0.5, 0.6) is 0 Å². The Morgan fingerprint density at radius 1 is 1.36 bits per heavy atom. The number of hydrogen-bond acceptors (Lipinski definition) is 4. The maximum atomic E-state index is 12.1. The minimum Gasteiger partial charge on any atom is -0.466 e. The van der Waals surface area contributed by atoms with E-state index in [9.17, 15) is 14.4 Å². The molecular formula is C15H15ClN2O4. The van der Waals surface area contributed by atoms with Crippen LogP contribution in [0.1, 0.15) is 6.42 Å². The van der Waals surface area contributed by atoms with Gasteiger partial charge < -0.3 is 15.0 Å². The second-order valence-electron chi connectivity index (χ2n) is 4.72. The SMILES string of the molecule is COC(=O)/C=C/C(=O)NC1CC(=O)N(c2ccccc2Cl)C1. The Balaban J connectivity index is 1.98. The zero-order valence-corrected chi connectivity index (χ0v) is 12.7. The Labute approximate surface area is 132 Å². The molecule has 0 spiro atoms. The van der Waals surface area contributed by atoms with Crippen LogP contribution in [0.3, 0.4) is 0 Å². The summed E-state index contributed by atoms with van der Waals surface area (Å²) in [5.41, 5.74) is 0.621. The number of halogens is 1. The van der Waals surface area contributed by atoms with Gasteiger partial charge in [0, 0.05) is 25.1 Å². The summed E-state index contributed by atoms with van der Waals surface area (Å²) < 4.78 is 4.39. The first-order valence-corrected chi connectivity index (χ1v) is 7.00. The van der Waals surface area contributed by atoms with Crippen LogP contribution in [0.15, 0.2) is 36.4 Å². The van der Waals surface area contributed by atoms with E-state index in [0.717, 1.165) is 12.2 Å². The van der Waals surface area contributed by atoms with E-state index in [-0.39, 0.29) is 18.4 Å². The van der Waals surface area contributed by atoms with Crippen LogP contribution in [-0.4, -0.2) is 37.5 Å². The van der Waals surface area contributed by atoms with Crippen molar-refractivity contribution < 1.29 is 19.1 Å². The normalized spacial score (nSPS) is 17.8. The van der Waals surface area contributed by atoms with Crippen molar-refractivity contribution in [1.82, 2.24) is 5.32 Å². The molecule has 1 aliphatic rings. The van der Waals surface area contributed by atoms with Crippen molar-refractivity contribution in [3.63, 3.8) is 0 Å². The molecule has 0 aliphatic carbocycles. The average molecular weight is 323 g/mol. The monoisotopic (exact) mass is 322 g/mol. The number of carbonyl (C=O) groups excluding carboxylic acids is 3. The van der Waals surface area contributed by atoms with E-state index in [4.69, 9.17) is 11.6 Å². The number of amides is 2. The number of nitrogens with one attached hydrogen (secondary N) is 1. The molecule has 0 aromatic heterocycles. The fraction of sp³-hybridized carbons (Fsp3) is 0.267. The van der Waals surface area contributed by atoms with Gasteiger partial charge in [0.2, 0.25) is 11.8 Å². The first kappa shape index (κ1) is 16.0. The van der Waals surface area contributed by atoms with Crippen LogP contribution >= 0.6 is 11.6 Å². The molecule has 1 unspecified atom stereocenters. The average Bonchev–Trinajstić information content (AvgIpc) is 2.85. The summed E-state index contributed by atoms with van der Waals surface area (Å²) in [5.74, 6) is -1.19. The van der Waals surface area contributed by atoms with Crippen LogP contribution in [0.4, 0.5) is 5.69 Å². The van der Waals surface area contributed by atoms with Gasteiger partial charge in [0.05, 0.1) is 23.9 Å². The van der Waals surface area contributed by atoms with Crippen molar-refractivity contribution in [3.05, 3.63) is 41.4 Å². The lowest BCUT2D eigenvalue weighted by Crippen LogP contribution is -2.36. The second-order valence-corrected chi connectivity index (χ2v) is 5.13. The molecule has 1 saturated heterocycles. The Morgan fingerprint density at radius 2 is 2.09 bits per heavy atom. The number of nitrogens with zero attached hydrogens (tertiary/aromatic N) is 1. The quantitative estimate of drug-likeness (QED) is 0.669. The summed E-state index contributed by atoms with van der Waals surface area (Å²) in [7, 11) is 1.22. The zero-order valence-electron chi connectivity index (χ0n) is 11.9. The van der Waals surface area contributed by atoms with Gasteiger partial charge in [-0.2, -0.15) is 0 Å². The van der Waals surface area contributed by atoms with Crippen molar-refractivity contribution in [3.8, 4) is 0 Å². The molecule has 2 rings (SSSR count). The third-order valence-electron chi connectivity index (χ3n) is 3.19. The molecule has 1 aromatic carbocycles. The molecule has 1 fully saturated rings. The van der Waals surface area contributed by atoms with Gasteiger partial charge in [-0.3, -0.25) is 9.59 Å². The lowest BCUT2D eigenvalue weighted by molar-refractivity contribution is -0.135. The predicted molar refractivity (Wildman–Crippen MR) is 81.5 cm³/mol. The van der Waals surface area contributed by atoms with Crippen molar-refractivity contribution in [2.24, 2.45) is 0 Å². The highest BCUT2D eigenvalue weighted by atomic mass is 35.5. The lowest BCUT2D eigenvalue weighted by atomic mass is 10.2. The number of methoxy groups -OCH3 is 1. The molecule has 1 aliphatic heterocycles. The minimum absolute atomic E-state index is 0.115. The van der Waals surface area contributed by atoms with E-state index in [1.807, 2.05) is 0 Å². The Hall–Kier alpha value is -2.34. The van der Waals surface area contributed by atoms with Gasteiger partial charge in [-0.15, -0.1) is 0 Å². The second kappa shape index (κ2) is 7.09. The summed E-state index contributed by atoms with van der Waals surface area (Å²) in [6.45, 7) is 0.334. The van der Waals surface area contributed by atoms with Gasteiger partial charge in [-0.1, -0.05) is 23.7 Å². The van der Waals surface area contributed by atoms with E-state index >= 15 is 0 Å². The third kappa shape index (κ3) is 3.85. The summed E-state index contributed by atoms with van der Waals surface area (Å²) in [4.78, 5) is 36.2. The van der Waals surface area contributed by atoms with E-state index < -0.39 is 11.9 Å². The van der Waals surface area contributed by atoms with E-state index in [0.29, 0.717) is 17.3 Å². The highest BCUT2D eigenvalue weighted by Crippen LogP contribution is 2.28. The largest absolute Gasteiger partial charge is 0.466 e. The summed E-state index contributed by atoms with van der Waals surface area (Å²) in [5, 5.41) is 3.15. The molecule has 0 bridgehead atoms. The van der Waals surface area contributed by atoms with Gasteiger partial charge in [0.15, 0.2) is 0 Å². The molecular weight excluding hydrogens is 308 g/mol. The summed E-state index contributed by atoms with van der Waals surface area (Å²) in [6, 6.07) is 6.69.